The van der Waals surface area contributed by atoms with Crippen molar-refractivity contribution < 1.29 is 9.53 Å². The minimum absolute atomic E-state index is 0. The van der Waals surface area contributed by atoms with Crippen LogP contribution < -0.4 is 15.8 Å². The third kappa shape index (κ3) is 6.66. The Morgan fingerprint density at radius 3 is 2.88 bits per heavy atom. The molecule has 1 unspecified atom stereocenters. The Hall–Kier alpha value is -1.51. The zero-order chi connectivity index (χ0) is 18.2. The molecule has 1 amide bonds. The first-order valence-electron chi connectivity index (χ1n) is 8.91. The molecule has 0 bridgehead atoms. The van der Waals surface area contributed by atoms with Gasteiger partial charge in [0.2, 0.25) is 5.91 Å². The van der Waals surface area contributed by atoms with Crippen LogP contribution in [-0.2, 0) is 11.2 Å². The lowest BCUT2D eigenvalue weighted by Gasteiger charge is -2.34. The summed E-state index contributed by atoms with van der Waals surface area (Å²) in [7, 11) is 3.50. The molecule has 2 rings (SSSR count). The smallest absolute Gasteiger partial charge is 0.217 e. The standard InChI is InChI=1S/C19H30N4O2.HI/c1-14-6-7-15(11-17(14)25-3)8-9-22-19(21-2)23-10-4-5-16(13-23)12-18(20)24;/h6-7,11,16H,4-5,8-10,12-13H2,1-3H3,(H2,20,24)(H,21,22);1H. The van der Waals surface area contributed by atoms with Crippen LogP contribution in [0.2, 0.25) is 0 Å². The maximum absolute atomic E-state index is 11.2. The molecule has 3 N–H and O–H groups in total. The van der Waals surface area contributed by atoms with Crippen LogP contribution in [0.5, 0.6) is 5.75 Å². The van der Waals surface area contributed by atoms with Crippen LogP contribution in [0.15, 0.2) is 23.2 Å². The molecule has 1 aliphatic rings. The van der Waals surface area contributed by atoms with E-state index in [0.29, 0.717) is 12.3 Å². The number of nitrogens with two attached hydrogens (primary N) is 1. The van der Waals surface area contributed by atoms with Gasteiger partial charge in [0.25, 0.3) is 0 Å². The number of methoxy groups -OCH3 is 1. The van der Waals surface area contributed by atoms with Gasteiger partial charge in [-0.1, -0.05) is 12.1 Å². The quantitative estimate of drug-likeness (QED) is 0.377. The highest BCUT2D eigenvalue weighted by atomic mass is 127. The second kappa shape index (κ2) is 11.3. The number of halogens is 1. The van der Waals surface area contributed by atoms with Gasteiger partial charge >= 0.3 is 0 Å². The first-order chi connectivity index (χ1) is 12.0. The van der Waals surface area contributed by atoms with Crippen LogP contribution in [0.25, 0.3) is 0 Å². The first kappa shape index (κ1) is 22.5. The minimum Gasteiger partial charge on any atom is -0.496 e. The van der Waals surface area contributed by atoms with Crippen LogP contribution in [0.3, 0.4) is 0 Å². The third-order valence-corrected chi connectivity index (χ3v) is 4.69. The summed E-state index contributed by atoms with van der Waals surface area (Å²) in [4.78, 5) is 17.8. The van der Waals surface area contributed by atoms with Gasteiger partial charge < -0.3 is 20.7 Å². The lowest BCUT2D eigenvalue weighted by molar-refractivity contribution is -0.119. The fraction of sp³-hybridized carbons (Fsp3) is 0.579. The molecule has 0 spiro atoms. The van der Waals surface area contributed by atoms with Crippen molar-refractivity contribution in [3.63, 3.8) is 0 Å². The van der Waals surface area contributed by atoms with Crippen molar-refractivity contribution in [1.29, 1.82) is 0 Å². The maximum atomic E-state index is 11.2. The molecule has 26 heavy (non-hydrogen) atoms. The summed E-state index contributed by atoms with van der Waals surface area (Å²) in [6.45, 7) is 4.64. The number of carbonyl (C=O) groups excluding carboxylic acids is 1. The number of amides is 1. The number of likely N-dealkylation sites (tertiary alicyclic amines) is 1. The van der Waals surface area contributed by atoms with Crippen molar-refractivity contribution in [2.75, 3.05) is 33.8 Å². The van der Waals surface area contributed by atoms with Crippen LogP contribution >= 0.6 is 24.0 Å². The highest BCUT2D eigenvalue weighted by Crippen LogP contribution is 2.20. The van der Waals surface area contributed by atoms with E-state index in [-0.39, 0.29) is 29.9 Å². The van der Waals surface area contributed by atoms with Gasteiger partial charge in [-0.3, -0.25) is 9.79 Å². The number of nitrogens with one attached hydrogen (secondary N) is 1. The zero-order valence-electron chi connectivity index (χ0n) is 16.0. The Balaban J connectivity index is 0.00000338. The molecule has 146 valence electrons. The monoisotopic (exact) mass is 474 g/mol. The molecule has 1 aromatic rings. The van der Waals surface area contributed by atoms with Crippen molar-refractivity contribution in [2.24, 2.45) is 16.6 Å². The number of hydrogen-bond acceptors (Lipinski definition) is 3. The van der Waals surface area contributed by atoms with Gasteiger partial charge in [0.05, 0.1) is 7.11 Å². The lowest BCUT2D eigenvalue weighted by atomic mass is 9.95. The molecule has 0 saturated carbocycles. The molecule has 7 heteroatoms. The van der Waals surface area contributed by atoms with E-state index >= 15 is 0 Å². The van der Waals surface area contributed by atoms with E-state index in [9.17, 15) is 4.79 Å². The number of primary amides is 1. The highest BCUT2D eigenvalue weighted by Gasteiger charge is 2.23. The summed E-state index contributed by atoms with van der Waals surface area (Å²) in [6, 6.07) is 6.30. The van der Waals surface area contributed by atoms with Crippen molar-refractivity contribution in [3.8, 4) is 5.75 Å². The van der Waals surface area contributed by atoms with Gasteiger partial charge in [-0.15, -0.1) is 24.0 Å². The molecule has 0 aliphatic carbocycles. The Morgan fingerprint density at radius 2 is 2.23 bits per heavy atom. The van der Waals surface area contributed by atoms with Crippen molar-refractivity contribution in [1.82, 2.24) is 10.2 Å². The molecule has 1 aliphatic heterocycles. The molecule has 0 aromatic heterocycles. The Bertz CT molecular complexity index is 622. The van der Waals surface area contributed by atoms with Crippen molar-refractivity contribution >= 4 is 35.8 Å². The van der Waals surface area contributed by atoms with Crippen LogP contribution in [0.1, 0.15) is 30.4 Å². The third-order valence-electron chi connectivity index (χ3n) is 4.69. The molecular formula is C19H31IN4O2. The van der Waals surface area contributed by atoms with E-state index in [1.165, 1.54) is 5.56 Å². The van der Waals surface area contributed by atoms with Gasteiger partial charge in [-0.2, -0.15) is 0 Å². The minimum atomic E-state index is -0.219. The molecule has 1 saturated heterocycles. The van der Waals surface area contributed by atoms with Crippen molar-refractivity contribution in [3.05, 3.63) is 29.3 Å². The second-order valence-electron chi connectivity index (χ2n) is 6.65. The number of benzene rings is 1. The topological polar surface area (TPSA) is 80.0 Å². The fourth-order valence-corrected chi connectivity index (χ4v) is 3.38. The highest BCUT2D eigenvalue weighted by molar-refractivity contribution is 14.0. The summed E-state index contributed by atoms with van der Waals surface area (Å²) in [5.74, 6) is 1.93. The number of guanidine groups is 1. The average molecular weight is 474 g/mol. The van der Waals surface area contributed by atoms with E-state index in [2.05, 4.69) is 33.4 Å². The largest absolute Gasteiger partial charge is 0.496 e. The van der Waals surface area contributed by atoms with Crippen LogP contribution in [-0.4, -0.2) is 50.6 Å². The van der Waals surface area contributed by atoms with Gasteiger partial charge in [-0.05, 0) is 49.3 Å². The van der Waals surface area contributed by atoms with E-state index in [1.807, 2.05) is 6.92 Å². The predicted molar refractivity (Wildman–Crippen MR) is 116 cm³/mol. The summed E-state index contributed by atoms with van der Waals surface area (Å²) >= 11 is 0. The summed E-state index contributed by atoms with van der Waals surface area (Å²) in [5.41, 5.74) is 7.72. The first-order valence-corrected chi connectivity index (χ1v) is 8.91. The molecule has 1 heterocycles. The van der Waals surface area contributed by atoms with Gasteiger partial charge in [-0.25, -0.2) is 0 Å². The number of rotatable bonds is 6. The summed E-state index contributed by atoms with van der Waals surface area (Å²) < 4.78 is 5.38. The predicted octanol–water partition coefficient (Wildman–Crippen LogP) is 2.33. The van der Waals surface area contributed by atoms with Crippen molar-refractivity contribution in [2.45, 2.75) is 32.6 Å². The average Bonchev–Trinajstić information content (AvgIpc) is 2.59. The number of aliphatic imine (C=N–C) groups is 1. The summed E-state index contributed by atoms with van der Waals surface area (Å²) in [6.07, 6.45) is 3.47. The Labute approximate surface area is 173 Å². The maximum Gasteiger partial charge on any atom is 0.217 e. The Morgan fingerprint density at radius 1 is 1.46 bits per heavy atom. The van der Waals surface area contributed by atoms with Gasteiger partial charge in [0.15, 0.2) is 5.96 Å². The van der Waals surface area contributed by atoms with E-state index < -0.39 is 0 Å². The molecule has 0 radical (unpaired) electrons. The number of piperidine rings is 1. The zero-order valence-corrected chi connectivity index (χ0v) is 18.3. The number of ether oxygens (including phenoxy) is 1. The van der Waals surface area contributed by atoms with Gasteiger partial charge in [0.1, 0.15) is 5.75 Å². The molecular weight excluding hydrogens is 443 g/mol. The SMILES string of the molecule is CN=C(NCCc1ccc(C)c(OC)c1)N1CCCC(CC(N)=O)C1.I. The number of carbonyl (C=O) groups is 1. The number of nitrogens with zero attached hydrogens (tertiary/aromatic N) is 2. The van der Waals surface area contributed by atoms with Crippen LogP contribution in [0, 0.1) is 12.8 Å². The van der Waals surface area contributed by atoms with E-state index in [4.69, 9.17) is 10.5 Å². The normalized spacial score (nSPS) is 17.4. The van der Waals surface area contributed by atoms with Gasteiger partial charge in [0, 0.05) is 33.1 Å². The molecule has 6 nitrogen and oxygen atoms in total. The van der Waals surface area contributed by atoms with E-state index in [0.717, 1.165) is 56.2 Å². The molecule has 1 aromatic carbocycles. The lowest BCUT2D eigenvalue weighted by Crippen LogP contribution is -2.47. The molecule has 1 fully saturated rings. The Kier molecular flexibility index (Phi) is 9.75. The fourth-order valence-electron chi connectivity index (χ4n) is 3.38. The number of hydrogen-bond donors (Lipinski definition) is 2. The molecule has 1 atom stereocenters. The summed E-state index contributed by atoms with van der Waals surface area (Å²) in [5, 5.41) is 3.43. The second-order valence-corrected chi connectivity index (χ2v) is 6.65. The van der Waals surface area contributed by atoms with Crippen LogP contribution in [0.4, 0.5) is 0 Å². The van der Waals surface area contributed by atoms with E-state index in [1.54, 1.807) is 14.2 Å². The number of aryl methyl sites for hydroxylation is 1.